The smallest absolute Gasteiger partial charge is 0.0519 e. The van der Waals surface area contributed by atoms with Crippen molar-refractivity contribution in [1.82, 2.24) is 4.98 Å². The van der Waals surface area contributed by atoms with Crippen molar-refractivity contribution in [3.8, 4) is 11.1 Å². The second-order valence-electron chi connectivity index (χ2n) is 9.05. The van der Waals surface area contributed by atoms with Crippen LogP contribution in [-0.4, -0.2) is 4.98 Å². The van der Waals surface area contributed by atoms with Crippen LogP contribution >= 0.6 is 0 Å². The van der Waals surface area contributed by atoms with Crippen molar-refractivity contribution in [2.75, 3.05) is 0 Å². The van der Waals surface area contributed by atoms with Crippen molar-refractivity contribution in [3.05, 3.63) is 96.1 Å². The first-order valence-electron chi connectivity index (χ1n) is 10.6. The Morgan fingerprint density at radius 3 is 2.10 bits per heavy atom. The third-order valence-corrected chi connectivity index (χ3v) is 7.15. The Balaban J connectivity index is 1.83. The standard InChI is InChI=1S/C29H21N/c1-29(2)22-16-15-17-9-3-4-10-18(17)25(22)26-20-12-6-5-11-19(20)24-21-13-7-8-14-23(21)30-28(24)27(26)29/h3-16,30H,1-2H3. The van der Waals surface area contributed by atoms with E-state index in [0.29, 0.717) is 0 Å². The number of benzene rings is 5. The summed E-state index contributed by atoms with van der Waals surface area (Å²) in [7, 11) is 0. The number of H-pyrrole nitrogens is 1. The van der Waals surface area contributed by atoms with Crippen LogP contribution < -0.4 is 0 Å². The van der Waals surface area contributed by atoms with Crippen LogP contribution in [0.25, 0.3) is 54.5 Å². The summed E-state index contributed by atoms with van der Waals surface area (Å²) >= 11 is 0. The molecule has 1 aliphatic carbocycles. The summed E-state index contributed by atoms with van der Waals surface area (Å²) in [6, 6.07) is 31.1. The lowest BCUT2D eigenvalue weighted by atomic mass is 9.80. The minimum absolute atomic E-state index is 0.0716. The zero-order valence-electron chi connectivity index (χ0n) is 17.1. The molecule has 0 unspecified atom stereocenters. The Morgan fingerprint density at radius 1 is 0.600 bits per heavy atom. The van der Waals surface area contributed by atoms with Gasteiger partial charge in [-0.3, -0.25) is 0 Å². The number of aromatic amines is 1. The minimum atomic E-state index is -0.0716. The third kappa shape index (κ3) is 1.79. The maximum absolute atomic E-state index is 3.81. The molecule has 1 nitrogen and oxygen atoms in total. The number of rotatable bonds is 0. The molecular weight excluding hydrogens is 362 g/mol. The van der Waals surface area contributed by atoms with Gasteiger partial charge in [0.2, 0.25) is 0 Å². The summed E-state index contributed by atoms with van der Waals surface area (Å²) in [6.07, 6.45) is 0. The predicted molar refractivity (Wildman–Crippen MR) is 128 cm³/mol. The van der Waals surface area contributed by atoms with E-state index in [1.165, 1.54) is 65.6 Å². The van der Waals surface area contributed by atoms with E-state index in [-0.39, 0.29) is 5.41 Å². The molecule has 0 atom stereocenters. The molecule has 0 bridgehead atoms. The molecule has 0 spiro atoms. The van der Waals surface area contributed by atoms with Gasteiger partial charge in [0.05, 0.1) is 5.52 Å². The van der Waals surface area contributed by atoms with Crippen molar-refractivity contribution in [3.63, 3.8) is 0 Å². The first-order valence-corrected chi connectivity index (χ1v) is 10.6. The summed E-state index contributed by atoms with van der Waals surface area (Å²) in [4.78, 5) is 3.81. The Hall–Kier alpha value is -3.58. The van der Waals surface area contributed by atoms with Gasteiger partial charge >= 0.3 is 0 Å². The van der Waals surface area contributed by atoms with Gasteiger partial charge in [-0.25, -0.2) is 0 Å². The van der Waals surface area contributed by atoms with Gasteiger partial charge in [-0.2, -0.15) is 0 Å². The van der Waals surface area contributed by atoms with E-state index in [1.54, 1.807) is 0 Å². The second kappa shape index (κ2) is 5.31. The highest BCUT2D eigenvalue weighted by Gasteiger charge is 2.40. The Kier molecular flexibility index (Phi) is 2.88. The van der Waals surface area contributed by atoms with Crippen LogP contribution in [0.4, 0.5) is 0 Å². The van der Waals surface area contributed by atoms with Gasteiger partial charge in [-0.1, -0.05) is 92.7 Å². The van der Waals surface area contributed by atoms with Gasteiger partial charge in [0.25, 0.3) is 0 Å². The number of aromatic nitrogens is 1. The molecule has 5 aromatic carbocycles. The normalized spacial score (nSPS) is 14.6. The first kappa shape index (κ1) is 16.2. The van der Waals surface area contributed by atoms with Crippen LogP contribution in [0.5, 0.6) is 0 Å². The van der Waals surface area contributed by atoms with E-state index in [4.69, 9.17) is 0 Å². The highest BCUT2D eigenvalue weighted by Crippen LogP contribution is 2.56. The van der Waals surface area contributed by atoms with E-state index in [9.17, 15) is 0 Å². The summed E-state index contributed by atoms with van der Waals surface area (Å²) in [5.74, 6) is 0. The molecular formula is C29H21N. The molecule has 1 aromatic heterocycles. The molecule has 1 heteroatoms. The molecule has 1 heterocycles. The second-order valence-corrected chi connectivity index (χ2v) is 9.05. The maximum atomic E-state index is 3.81. The monoisotopic (exact) mass is 383 g/mol. The average Bonchev–Trinajstić information content (AvgIpc) is 3.27. The van der Waals surface area contributed by atoms with Gasteiger partial charge in [-0.15, -0.1) is 0 Å². The molecule has 0 fully saturated rings. The molecule has 0 amide bonds. The lowest BCUT2D eigenvalue weighted by Gasteiger charge is -2.23. The zero-order chi connectivity index (χ0) is 20.0. The number of hydrogen-bond donors (Lipinski definition) is 1. The SMILES string of the molecule is CC1(C)c2ccc3ccccc3c2-c2c1c1[nH]c3ccccc3c1c1ccccc21. The Labute approximate surface area is 175 Å². The summed E-state index contributed by atoms with van der Waals surface area (Å²) < 4.78 is 0. The molecule has 0 saturated heterocycles. The largest absolute Gasteiger partial charge is 0.354 e. The molecule has 1 aliphatic rings. The highest BCUT2D eigenvalue weighted by molar-refractivity contribution is 6.27. The molecule has 7 rings (SSSR count). The van der Waals surface area contributed by atoms with Crippen molar-refractivity contribution in [2.24, 2.45) is 0 Å². The first-order chi connectivity index (χ1) is 14.7. The van der Waals surface area contributed by atoms with E-state index < -0.39 is 0 Å². The number of para-hydroxylation sites is 1. The molecule has 0 saturated carbocycles. The lowest BCUT2D eigenvalue weighted by molar-refractivity contribution is 0.666. The summed E-state index contributed by atoms with van der Waals surface area (Å²) in [5.41, 5.74) is 8.09. The van der Waals surface area contributed by atoms with Gasteiger partial charge in [-0.05, 0) is 49.9 Å². The highest BCUT2D eigenvalue weighted by atomic mass is 14.7. The fourth-order valence-corrected chi connectivity index (χ4v) is 5.87. The van der Waals surface area contributed by atoms with Crippen LogP contribution in [0.3, 0.4) is 0 Å². The fraction of sp³-hybridized carbons (Fsp3) is 0.103. The lowest BCUT2D eigenvalue weighted by Crippen LogP contribution is -2.15. The van der Waals surface area contributed by atoms with Crippen LogP contribution in [0.15, 0.2) is 84.9 Å². The quantitative estimate of drug-likeness (QED) is 0.274. The van der Waals surface area contributed by atoms with Crippen LogP contribution in [-0.2, 0) is 5.41 Å². The fourth-order valence-electron chi connectivity index (χ4n) is 5.87. The molecule has 0 aliphatic heterocycles. The molecule has 30 heavy (non-hydrogen) atoms. The summed E-state index contributed by atoms with van der Waals surface area (Å²) in [5, 5.41) is 8.00. The van der Waals surface area contributed by atoms with Crippen molar-refractivity contribution < 1.29 is 0 Å². The van der Waals surface area contributed by atoms with Crippen LogP contribution in [0, 0.1) is 0 Å². The third-order valence-electron chi connectivity index (χ3n) is 7.15. The average molecular weight is 383 g/mol. The van der Waals surface area contributed by atoms with Gasteiger partial charge < -0.3 is 4.98 Å². The number of fused-ring (bicyclic) bond motifs is 12. The Bertz CT molecular complexity index is 1660. The van der Waals surface area contributed by atoms with Crippen molar-refractivity contribution >= 4 is 43.4 Å². The number of hydrogen-bond acceptors (Lipinski definition) is 0. The minimum Gasteiger partial charge on any atom is -0.354 e. The molecule has 1 N–H and O–H groups in total. The van der Waals surface area contributed by atoms with Crippen molar-refractivity contribution in [1.29, 1.82) is 0 Å². The van der Waals surface area contributed by atoms with Crippen LogP contribution in [0.1, 0.15) is 25.0 Å². The topological polar surface area (TPSA) is 15.8 Å². The van der Waals surface area contributed by atoms with E-state index in [2.05, 4.69) is 104 Å². The van der Waals surface area contributed by atoms with Gasteiger partial charge in [0.1, 0.15) is 0 Å². The van der Waals surface area contributed by atoms with Crippen LogP contribution in [0.2, 0.25) is 0 Å². The number of nitrogens with one attached hydrogen (secondary N) is 1. The molecule has 142 valence electrons. The summed E-state index contributed by atoms with van der Waals surface area (Å²) in [6.45, 7) is 4.76. The van der Waals surface area contributed by atoms with E-state index in [1.807, 2.05) is 0 Å². The Morgan fingerprint density at radius 2 is 1.27 bits per heavy atom. The molecule has 6 aromatic rings. The van der Waals surface area contributed by atoms with E-state index >= 15 is 0 Å². The van der Waals surface area contributed by atoms with E-state index in [0.717, 1.165) is 0 Å². The van der Waals surface area contributed by atoms with Gasteiger partial charge in [0.15, 0.2) is 0 Å². The zero-order valence-corrected chi connectivity index (χ0v) is 17.1. The maximum Gasteiger partial charge on any atom is 0.0519 e. The van der Waals surface area contributed by atoms with Gasteiger partial charge in [0, 0.05) is 21.7 Å². The predicted octanol–water partition coefficient (Wildman–Crippen LogP) is 7.93. The molecule has 0 radical (unpaired) electrons. The van der Waals surface area contributed by atoms with Crippen molar-refractivity contribution in [2.45, 2.75) is 19.3 Å².